The van der Waals surface area contributed by atoms with Crippen molar-refractivity contribution in [1.29, 1.82) is 0 Å². The van der Waals surface area contributed by atoms with E-state index in [0.29, 0.717) is 0 Å². The fourth-order valence-electron chi connectivity index (χ4n) is 12.9. The fraction of sp³-hybridized carbons (Fsp3) is 0.0938. The first kappa shape index (κ1) is 36.4. The van der Waals surface area contributed by atoms with Crippen LogP contribution in [0.15, 0.2) is 194 Å². The number of hydrogen-bond acceptors (Lipinski definition) is 0. The van der Waals surface area contributed by atoms with Crippen molar-refractivity contribution in [2.45, 2.75) is 38.5 Å². The van der Waals surface area contributed by atoms with Crippen LogP contribution in [-0.2, 0) is 10.8 Å². The maximum Gasteiger partial charge on any atom is 0.0544 e. The quantitative estimate of drug-likeness (QED) is 0.157. The summed E-state index contributed by atoms with van der Waals surface area (Å²) in [5.41, 5.74) is 20.7. The zero-order chi connectivity index (χ0) is 43.8. The molecule has 2 aliphatic carbocycles. The summed E-state index contributed by atoms with van der Waals surface area (Å²) in [5.74, 6) is 0. The third-order valence-corrected chi connectivity index (χ3v) is 16.1. The average Bonchev–Trinajstić information content (AvgIpc) is 4.01. The molecule has 11 aromatic carbocycles. The van der Waals surface area contributed by atoms with Gasteiger partial charge >= 0.3 is 0 Å². The summed E-state index contributed by atoms with van der Waals surface area (Å²) in [4.78, 5) is 0. The van der Waals surface area contributed by atoms with Gasteiger partial charge in [0.2, 0.25) is 0 Å². The van der Waals surface area contributed by atoms with E-state index in [0.717, 1.165) is 0 Å². The summed E-state index contributed by atoms with van der Waals surface area (Å²) in [6, 6.07) is 73.8. The molecule has 0 atom stereocenters. The summed E-state index contributed by atoms with van der Waals surface area (Å²) in [6.45, 7) is 9.50. The van der Waals surface area contributed by atoms with Crippen molar-refractivity contribution >= 4 is 75.9 Å². The van der Waals surface area contributed by atoms with Crippen LogP contribution in [-0.4, -0.2) is 9.13 Å². The molecule has 0 saturated carbocycles. The molecule has 13 aromatic rings. The van der Waals surface area contributed by atoms with Gasteiger partial charge in [0.1, 0.15) is 0 Å². The third kappa shape index (κ3) is 4.51. The largest absolute Gasteiger partial charge is 0.309 e. The fourth-order valence-corrected chi connectivity index (χ4v) is 12.9. The zero-order valence-electron chi connectivity index (χ0n) is 37.4. The van der Waals surface area contributed by atoms with E-state index in [1.165, 1.54) is 143 Å². The standard InChI is InChI=1S/C64H44N2/c1-63(2)52-17-9-5-13-42(52)44-30-26-40(34-54(44)63)65-56-19-11-7-15-45(56)50-33-39(25-32-59(50)65)41-27-21-37-23-29-48-58(31-24-38-22-28-47(41)61(37)62(38)48)66-57-20-12-8-16-46(57)51-35-49-43-14-6-10-18-53(43)64(3,4)55(49)36-60(51)66/h5-36H,1-4H3. The van der Waals surface area contributed by atoms with Gasteiger partial charge in [-0.3, -0.25) is 0 Å². The summed E-state index contributed by atoms with van der Waals surface area (Å²) in [6.07, 6.45) is 0. The number of rotatable bonds is 3. The van der Waals surface area contributed by atoms with Crippen LogP contribution in [0, 0.1) is 0 Å². The molecule has 2 heteroatoms. The molecule has 2 aromatic heterocycles. The first-order valence-electron chi connectivity index (χ1n) is 23.4. The number of hydrogen-bond donors (Lipinski definition) is 0. The predicted octanol–water partition coefficient (Wildman–Crippen LogP) is 17.1. The van der Waals surface area contributed by atoms with Gasteiger partial charge in [-0.1, -0.05) is 167 Å². The smallest absolute Gasteiger partial charge is 0.0544 e. The molecule has 2 nitrogen and oxygen atoms in total. The first-order chi connectivity index (χ1) is 32.3. The normalized spacial score (nSPS) is 14.6. The van der Waals surface area contributed by atoms with Crippen LogP contribution in [0.2, 0.25) is 0 Å². The first-order valence-corrected chi connectivity index (χ1v) is 23.4. The van der Waals surface area contributed by atoms with E-state index in [9.17, 15) is 0 Å². The van der Waals surface area contributed by atoms with Crippen LogP contribution in [0.3, 0.4) is 0 Å². The maximum absolute atomic E-state index is 2.54. The van der Waals surface area contributed by atoms with Gasteiger partial charge in [-0.05, 0) is 137 Å². The summed E-state index contributed by atoms with van der Waals surface area (Å²) >= 11 is 0. The van der Waals surface area contributed by atoms with Gasteiger partial charge < -0.3 is 9.13 Å². The second-order valence-electron chi connectivity index (χ2n) is 20.0. The molecule has 66 heavy (non-hydrogen) atoms. The van der Waals surface area contributed by atoms with Crippen molar-refractivity contribution < 1.29 is 0 Å². The molecule has 0 spiro atoms. The summed E-state index contributed by atoms with van der Waals surface area (Å²) < 4.78 is 5.02. The molecule has 0 bridgehead atoms. The topological polar surface area (TPSA) is 9.86 Å². The molecular weight excluding hydrogens is 797 g/mol. The average molecular weight is 841 g/mol. The molecule has 0 aliphatic heterocycles. The Hall–Kier alpha value is -7.94. The minimum absolute atomic E-state index is 0.0719. The predicted molar refractivity (Wildman–Crippen MR) is 279 cm³/mol. The number of aromatic nitrogens is 2. The molecule has 0 N–H and O–H groups in total. The Morgan fingerprint density at radius 1 is 0.303 bits per heavy atom. The lowest BCUT2D eigenvalue weighted by atomic mass is 9.82. The Labute approximate surface area is 382 Å². The van der Waals surface area contributed by atoms with E-state index >= 15 is 0 Å². The van der Waals surface area contributed by atoms with E-state index in [-0.39, 0.29) is 10.8 Å². The second kappa shape index (κ2) is 12.4. The molecule has 0 amide bonds. The van der Waals surface area contributed by atoms with E-state index in [1.807, 2.05) is 0 Å². The number of para-hydroxylation sites is 2. The van der Waals surface area contributed by atoms with Crippen molar-refractivity contribution in [3.05, 3.63) is 216 Å². The third-order valence-electron chi connectivity index (χ3n) is 16.1. The Balaban J connectivity index is 0.922. The van der Waals surface area contributed by atoms with Gasteiger partial charge in [0.25, 0.3) is 0 Å². The molecule has 310 valence electrons. The zero-order valence-corrected chi connectivity index (χ0v) is 37.4. The number of nitrogens with zero attached hydrogens (tertiary/aromatic N) is 2. The Morgan fingerprint density at radius 2 is 0.833 bits per heavy atom. The van der Waals surface area contributed by atoms with E-state index < -0.39 is 0 Å². The summed E-state index contributed by atoms with van der Waals surface area (Å²) in [7, 11) is 0. The van der Waals surface area contributed by atoms with Crippen molar-refractivity contribution in [2.24, 2.45) is 0 Å². The SMILES string of the molecule is CC1(C)c2ccccc2-c2ccc(-n3c4ccccc4c4cc(-c5ccc6ccc7c(-n8c9ccccc9c9cc%10c(cc98)C(C)(C)c8ccccc8-%10)ccc8ccc5c6c87)ccc43)cc21. The molecular formula is C64H44N2. The molecule has 2 aliphatic rings. The molecule has 0 radical (unpaired) electrons. The monoisotopic (exact) mass is 840 g/mol. The van der Waals surface area contributed by atoms with Crippen molar-refractivity contribution in [1.82, 2.24) is 9.13 Å². The van der Waals surface area contributed by atoms with E-state index in [4.69, 9.17) is 0 Å². The van der Waals surface area contributed by atoms with Gasteiger partial charge in [0, 0.05) is 43.4 Å². The minimum atomic E-state index is -0.0929. The van der Waals surface area contributed by atoms with Gasteiger partial charge in [0.15, 0.2) is 0 Å². The van der Waals surface area contributed by atoms with Crippen LogP contribution >= 0.6 is 0 Å². The minimum Gasteiger partial charge on any atom is -0.309 e. The van der Waals surface area contributed by atoms with Crippen LogP contribution in [0.25, 0.3) is 121 Å². The van der Waals surface area contributed by atoms with Gasteiger partial charge in [-0.15, -0.1) is 0 Å². The summed E-state index contributed by atoms with van der Waals surface area (Å²) in [5, 5.41) is 12.9. The second-order valence-corrected chi connectivity index (χ2v) is 20.0. The number of fused-ring (bicyclic) bond motifs is 12. The Morgan fingerprint density at radius 3 is 1.58 bits per heavy atom. The lowest BCUT2D eigenvalue weighted by Crippen LogP contribution is -2.15. The van der Waals surface area contributed by atoms with Gasteiger partial charge in [-0.25, -0.2) is 0 Å². The Kier molecular flexibility index (Phi) is 6.86. The van der Waals surface area contributed by atoms with Crippen LogP contribution in [0.4, 0.5) is 0 Å². The van der Waals surface area contributed by atoms with Crippen LogP contribution in [0.5, 0.6) is 0 Å². The molecule has 2 heterocycles. The van der Waals surface area contributed by atoms with Crippen molar-refractivity contribution in [3.8, 4) is 44.8 Å². The molecule has 0 saturated heterocycles. The molecule has 0 fully saturated rings. The van der Waals surface area contributed by atoms with E-state index in [2.05, 4.69) is 231 Å². The maximum atomic E-state index is 2.54. The lowest BCUT2D eigenvalue weighted by molar-refractivity contribution is 0.660. The molecule has 15 rings (SSSR count). The van der Waals surface area contributed by atoms with Crippen LogP contribution in [0.1, 0.15) is 49.9 Å². The highest BCUT2D eigenvalue weighted by molar-refractivity contribution is 6.27. The van der Waals surface area contributed by atoms with Crippen molar-refractivity contribution in [2.75, 3.05) is 0 Å². The van der Waals surface area contributed by atoms with Gasteiger partial charge in [-0.2, -0.15) is 0 Å². The lowest BCUT2D eigenvalue weighted by Gasteiger charge is -2.22. The van der Waals surface area contributed by atoms with Crippen LogP contribution < -0.4 is 0 Å². The Bertz CT molecular complexity index is 4280. The highest BCUT2D eigenvalue weighted by Gasteiger charge is 2.37. The highest BCUT2D eigenvalue weighted by Crippen LogP contribution is 2.53. The van der Waals surface area contributed by atoms with Gasteiger partial charge in [0.05, 0.1) is 27.8 Å². The number of benzene rings is 11. The highest BCUT2D eigenvalue weighted by atomic mass is 15.0. The van der Waals surface area contributed by atoms with Crippen molar-refractivity contribution in [3.63, 3.8) is 0 Å². The molecule has 0 unspecified atom stereocenters. The van der Waals surface area contributed by atoms with E-state index in [1.54, 1.807) is 0 Å².